The second-order valence-corrected chi connectivity index (χ2v) is 10.2. The molecule has 0 radical (unpaired) electrons. The summed E-state index contributed by atoms with van der Waals surface area (Å²) in [7, 11) is 0. The number of carbonyl (C=O) groups excluding carboxylic acids is 4. The van der Waals surface area contributed by atoms with Crippen LogP contribution in [0.5, 0.6) is 0 Å². The second kappa shape index (κ2) is 15.0. The molecule has 0 aliphatic heterocycles. The van der Waals surface area contributed by atoms with Crippen LogP contribution >= 0.6 is 0 Å². The average Bonchev–Trinajstić information content (AvgIpc) is 2.79. The highest BCUT2D eigenvalue weighted by Gasteiger charge is 2.37. The van der Waals surface area contributed by atoms with E-state index in [-0.39, 0.29) is 18.5 Å². The van der Waals surface area contributed by atoms with Crippen LogP contribution in [0.4, 0.5) is 4.79 Å². The minimum Gasteiger partial charge on any atom is -0.444 e. The smallest absolute Gasteiger partial charge is 0.408 e. The van der Waals surface area contributed by atoms with Crippen molar-refractivity contribution < 1.29 is 23.9 Å². The molecule has 0 bridgehead atoms. The summed E-state index contributed by atoms with van der Waals surface area (Å²) in [4.78, 5) is 53.4. The van der Waals surface area contributed by atoms with Gasteiger partial charge in [-0.05, 0) is 57.7 Å². The van der Waals surface area contributed by atoms with E-state index in [1.165, 1.54) is 4.90 Å². The molecule has 1 aromatic rings. The maximum atomic E-state index is 13.9. The molecule has 0 spiro atoms. The lowest BCUT2D eigenvalue weighted by atomic mass is 9.99. The molecule has 0 fully saturated rings. The number of benzene rings is 1. The highest BCUT2D eigenvalue weighted by atomic mass is 16.6. The molecule has 0 saturated carbocycles. The molecule has 4 amide bonds. The number of carbonyl (C=O) groups is 4. The number of alkyl carbamates (subject to hydrolysis) is 1. The first-order chi connectivity index (χ1) is 17.3. The molecule has 0 saturated heterocycles. The molecule has 4 N–H and O–H groups in total. The van der Waals surface area contributed by atoms with E-state index in [2.05, 4.69) is 17.2 Å². The van der Waals surface area contributed by atoms with Crippen molar-refractivity contribution >= 4 is 29.9 Å². The van der Waals surface area contributed by atoms with E-state index in [1.807, 2.05) is 26.8 Å². The van der Waals surface area contributed by atoms with Crippen LogP contribution in [0.1, 0.15) is 90.8 Å². The third-order valence-corrected chi connectivity index (χ3v) is 5.56. The molecule has 9 nitrogen and oxygen atoms in total. The number of amides is 4. The molecule has 0 heterocycles. The Morgan fingerprint density at radius 1 is 1.14 bits per heavy atom. The Hall–Kier alpha value is -3.36. The zero-order valence-corrected chi connectivity index (χ0v) is 23.1. The lowest BCUT2D eigenvalue weighted by molar-refractivity contribution is -0.143. The lowest BCUT2D eigenvalue weighted by Gasteiger charge is -2.35. The number of hydrogen-bond donors (Lipinski definition) is 3. The number of hydrogen-bond acceptors (Lipinski definition) is 5. The summed E-state index contributed by atoms with van der Waals surface area (Å²) < 4.78 is 5.30. The normalized spacial score (nSPS) is 13.6. The van der Waals surface area contributed by atoms with Gasteiger partial charge in [0.15, 0.2) is 0 Å². The van der Waals surface area contributed by atoms with Gasteiger partial charge in [-0.2, -0.15) is 0 Å². The van der Waals surface area contributed by atoms with E-state index < -0.39 is 42.0 Å². The number of nitrogens with two attached hydrogens (primary N) is 1. The topological polar surface area (TPSA) is 131 Å². The monoisotopic (exact) mass is 516 g/mol. The van der Waals surface area contributed by atoms with Crippen molar-refractivity contribution in [3.63, 3.8) is 0 Å². The number of rotatable bonds is 14. The van der Waals surface area contributed by atoms with Gasteiger partial charge in [-0.3, -0.25) is 14.4 Å². The Morgan fingerprint density at radius 2 is 1.81 bits per heavy atom. The van der Waals surface area contributed by atoms with Gasteiger partial charge in [0, 0.05) is 12.6 Å². The van der Waals surface area contributed by atoms with E-state index >= 15 is 0 Å². The van der Waals surface area contributed by atoms with Crippen molar-refractivity contribution in [3.05, 3.63) is 42.0 Å². The molecule has 206 valence electrons. The van der Waals surface area contributed by atoms with Gasteiger partial charge in [0.25, 0.3) is 0 Å². The number of primary amides is 1. The van der Waals surface area contributed by atoms with Gasteiger partial charge in [-0.15, -0.1) is 0 Å². The van der Waals surface area contributed by atoms with Gasteiger partial charge >= 0.3 is 6.09 Å². The maximum Gasteiger partial charge on any atom is 0.408 e. The van der Waals surface area contributed by atoms with Crippen LogP contribution in [-0.2, 0) is 19.1 Å². The van der Waals surface area contributed by atoms with E-state index in [0.717, 1.165) is 24.8 Å². The molecule has 3 unspecified atom stereocenters. The van der Waals surface area contributed by atoms with Crippen molar-refractivity contribution in [2.24, 2.45) is 5.73 Å². The SMILES string of the molecule is C=Cc1cccc(C(C(=O)NC(C)CCC)N(CCCC)C(=O)C(CC(N)=O)NC(=O)OC(C)(C)C)c1. The van der Waals surface area contributed by atoms with Crippen LogP contribution in [0, 0.1) is 0 Å². The number of nitrogens with one attached hydrogen (secondary N) is 2. The first-order valence-electron chi connectivity index (χ1n) is 12.9. The summed E-state index contributed by atoms with van der Waals surface area (Å²) in [5.74, 6) is -1.71. The van der Waals surface area contributed by atoms with Gasteiger partial charge in [0.2, 0.25) is 17.7 Å². The third-order valence-electron chi connectivity index (χ3n) is 5.56. The standard InChI is InChI=1S/C28H44N4O5/c1-8-11-16-32(26(35)22(18-23(29)33)31-27(36)37-28(5,6)7)24(25(34)30-19(4)13-9-2)21-15-12-14-20(10-3)17-21/h10,12,14-15,17,19,22,24H,3,8-9,11,13,16,18H2,1-2,4-7H3,(H2,29,33)(H,30,34)(H,31,36). The summed E-state index contributed by atoms with van der Waals surface area (Å²) in [6.07, 6.45) is 3.40. The molecule has 9 heteroatoms. The predicted molar refractivity (Wildman–Crippen MR) is 145 cm³/mol. The molecule has 0 aromatic heterocycles. The van der Waals surface area contributed by atoms with Crippen LogP contribution < -0.4 is 16.4 Å². The van der Waals surface area contributed by atoms with Crippen molar-refractivity contribution in [1.29, 1.82) is 0 Å². The largest absolute Gasteiger partial charge is 0.444 e. The summed E-state index contributed by atoms with van der Waals surface area (Å²) in [5, 5.41) is 5.51. The van der Waals surface area contributed by atoms with Crippen molar-refractivity contribution in [2.45, 2.75) is 97.4 Å². The van der Waals surface area contributed by atoms with Gasteiger partial charge < -0.3 is 26.0 Å². The van der Waals surface area contributed by atoms with Crippen molar-refractivity contribution in [1.82, 2.24) is 15.5 Å². The van der Waals surface area contributed by atoms with Crippen LogP contribution in [0.3, 0.4) is 0 Å². The van der Waals surface area contributed by atoms with E-state index in [4.69, 9.17) is 10.5 Å². The number of nitrogens with zero attached hydrogens (tertiary/aromatic N) is 1. The minimum atomic E-state index is -1.30. The van der Waals surface area contributed by atoms with Crippen LogP contribution in [0.2, 0.25) is 0 Å². The van der Waals surface area contributed by atoms with Crippen LogP contribution in [-0.4, -0.2) is 52.9 Å². The molecule has 0 aliphatic rings. The zero-order valence-electron chi connectivity index (χ0n) is 23.1. The Kier molecular flexibility index (Phi) is 12.9. The first kappa shape index (κ1) is 31.7. The van der Waals surface area contributed by atoms with Crippen LogP contribution in [0.25, 0.3) is 6.08 Å². The van der Waals surface area contributed by atoms with Crippen molar-refractivity contribution in [3.8, 4) is 0 Å². The quantitative estimate of drug-likeness (QED) is 0.343. The Labute approximate surface area is 221 Å². The summed E-state index contributed by atoms with van der Waals surface area (Å²) in [6.45, 7) is 15.0. The van der Waals surface area contributed by atoms with Gasteiger partial charge in [-0.1, -0.05) is 57.5 Å². The number of unbranched alkanes of at least 4 members (excludes halogenated alkanes) is 1. The van der Waals surface area contributed by atoms with Gasteiger partial charge in [0.1, 0.15) is 17.7 Å². The summed E-state index contributed by atoms with van der Waals surface area (Å²) in [6, 6.07) is 4.83. The summed E-state index contributed by atoms with van der Waals surface area (Å²) in [5.41, 5.74) is 6.00. The van der Waals surface area contributed by atoms with Gasteiger partial charge in [-0.25, -0.2) is 4.79 Å². The highest BCUT2D eigenvalue weighted by Crippen LogP contribution is 2.25. The third kappa shape index (κ3) is 11.1. The lowest BCUT2D eigenvalue weighted by Crippen LogP contribution is -2.54. The molecule has 0 aliphatic carbocycles. The minimum absolute atomic E-state index is 0.105. The predicted octanol–water partition coefficient (Wildman–Crippen LogP) is 4.07. The Morgan fingerprint density at radius 3 is 2.35 bits per heavy atom. The van der Waals surface area contributed by atoms with E-state index in [0.29, 0.717) is 12.0 Å². The molecule has 1 aromatic carbocycles. The van der Waals surface area contributed by atoms with Crippen molar-refractivity contribution in [2.75, 3.05) is 6.54 Å². The van der Waals surface area contributed by atoms with Gasteiger partial charge in [0.05, 0.1) is 6.42 Å². The second-order valence-electron chi connectivity index (χ2n) is 10.2. The molecule has 3 atom stereocenters. The Balaban J connectivity index is 3.53. The van der Waals surface area contributed by atoms with E-state index in [1.54, 1.807) is 45.0 Å². The highest BCUT2D eigenvalue weighted by molar-refractivity contribution is 5.94. The van der Waals surface area contributed by atoms with Crippen LogP contribution in [0.15, 0.2) is 30.8 Å². The fourth-order valence-corrected chi connectivity index (χ4v) is 3.90. The first-order valence-corrected chi connectivity index (χ1v) is 12.9. The molecular formula is C28H44N4O5. The summed E-state index contributed by atoms with van der Waals surface area (Å²) >= 11 is 0. The average molecular weight is 517 g/mol. The molecule has 1 rings (SSSR count). The molecule has 37 heavy (non-hydrogen) atoms. The Bertz CT molecular complexity index is 941. The fourth-order valence-electron chi connectivity index (χ4n) is 3.90. The maximum absolute atomic E-state index is 13.9. The zero-order chi connectivity index (χ0) is 28.2. The fraction of sp³-hybridized carbons (Fsp3) is 0.571. The van der Waals surface area contributed by atoms with E-state index in [9.17, 15) is 19.2 Å². The number of ether oxygens (including phenoxy) is 1. The molecular weight excluding hydrogens is 472 g/mol.